The molecule has 20 heavy (non-hydrogen) atoms. The molecule has 5 nitrogen and oxygen atoms in total. The molecule has 0 bridgehead atoms. The zero-order valence-electron chi connectivity index (χ0n) is 11.6. The van der Waals surface area contributed by atoms with E-state index in [0.29, 0.717) is 23.3 Å². The lowest BCUT2D eigenvalue weighted by Crippen LogP contribution is -2.39. The van der Waals surface area contributed by atoms with Crippen molar-refractivity contribution in [3.05, 3.63) is 10.9 Å². The zero-order chi connectivity index (χ0) is 14.2. The number of ether oxygens (including phenoxy) is 1. The van der Waals surface area contributed by atoms with Crippen molar-refractivity contribution in [2.24, 2.45) is 5.92 Å². The van der Waals surface area contributed by atoms with E-state index in [2.05, 4.69) is 9.27 Å². The van der Waals surface area contributed by atoms with E-state index < -0.39 is 9.84 Å². The van der Waals surface area contributed by atoms with Gasteiger partial charge >= 0.3 is 0 Å². The average molecular weight is 316 g/mol. The maximum atomic E-state index is 12.0. The molecule has 1 saturated carbocycles. The molecule has 2 fully saturated rings. The first kappa shape index (κ1) is 14.3. The largest absolute Gasteiger partial charge is 0.480 e. The topological polar surface area (TPSA) is 59.5 Å². The number of hydrogen-bond acceptors (Lipinski definition) is 6. The molecule has 0 amide bonds. The van der Waals surface area contributed by atoms with Crippen molar-refractivity contribution in [1.29, 1.82) is 0 Å². The van der Waals surface area contributed by atoms with Gasteiger partial charge in [0.25, 0.3) is 0 Å². The van der Waals surface area contributed by atoms with E-state index in [1.807, 2.05) is 6.07 Å². The van der Waals surface area contributed by atoms with E-state index in [9.17, 15) is 8.42 Å². The van der Waals surface area contributed by atoms with Crippen LogP contribution in [0.5, 0.6) is 5.88 Å². The second-order valence-corrected chi connectivity index (χ2v) is 8.80. The molecular formula is C13H20N2O3S2. The van der Waals surface area contributed by atoms with Crippen LogP contribution in [0, 0.1) is 5.92 Å². The van der Waals surface area contributed by atoms with Gasteiger partial charge in [0, 0.05) is 23.5 Å². The van der Waals surface area contributed by atoms with Gasteiger partial charge in [-0.3, -0.25) is 4.90 Å². The molecule has 112 valence electrons. The van der Waals surface area contributed by atoms with E-state index in [1.165, 1.54) is 24.4 Å². The molecule has 1 aromatic heterocycles. The van der Waals surface area contributed by atoms with Crippen molar-refractivity contribution in [3.63, 3.8) is 0 Å². The third-order valence-electron chi connectivity index (χ3n) is 4.07. The monoisotopic (exact) mass is 316 g/mol. The molecule has 3 rings (SSSR count). The molecule has 0 aromatic carbocycles. The summed E-state index contributed by atoms with van der Waals surface area (Å²) in [6.45, 7) is 1.65. The van der Waals surface area contributed by atoms with Gasteiger partial charge in [0.1, 0.15) is 0 Å². The first-order valence-corrected chi connectivity index (χ1v) is 9.61. The Kier molecular flexibility index (Phi) is 4.01. The zero-order valence-corrected chi connectivity index (χ0v) is 13.3. The van der Waals surface area contributed by atoms with Gasteiger partial charge in [-0.2, -0.15) is 4.37 Å². The Morgan fingerprint density at radius 3 is 2.95 bits per heavy atom. The highest BCUT2D eigenvalue weighted by atomic mass is 32.2. The Hall–Kier alpha value is -0.660. The lowest BCUT2D eigenvalue weighted by atomic mass is 10.1. The molecule has 1 aliphatic carbocycles. The fourth-order valence-corrected chi connectivity index (χ4v) is 5.33. The molecule has 1 aromatic rings. The van der Waals surface area contributed by atoms with Gasteiger partial charge in [0.2, 0.25) is 5.88 Å². The van der Waals surface area contributed by atoms with Gasteiger partial charge in [0.05, 0.1) is 18.6 Å². The summed E-state index contributed by atoms with van der Waals surface area (Å²) in [7, 11) is -1.26. The highest BCUT2D eigenvalue weighted by Crippen LogP contribution is 2.38. The number of aromatic nitrogens is 1. The minimum atomic E-state index is -2.88. The number of nitrogens with zero attached hydrogens (tertiary/aromatic N) is 2. The first-order valence-electron chi connectivity index (χ1n) is 7.01. The standard InChI is InChI=1S/C13H20N2O3S2/c1-18-13-7-11(19-14-13)8-15-5-2-6-20(16,17)9-12(15)10-3-4-10/h7,10,12H,2-6,8-9H2,1H3. The molecule has 2 heterocycles. The number of methoxy groups -OCH3 is 1. The van der Waals surface area contributed by atoms with Crippen molar-refractivity contribution in [1.82, 2.24) is 9.27 Å². The smallest absolute Gasteiger partial charge is 0.225 e. The van der Waals surface area contributed by atoms with Gasteiger partial charge < -0.3 is 4.74 Å². The summed E-state index contributed by atoms with van der Waals surface area (Å²) in [6.07, 6.45) is 3.08. The quantitative estimate of drug-likeness (QED) is 0.843. The maximum Gasteiger partial charge on any atom is 0.225 e. The van der Waals surface area contributed by atoms with Gasteiger partial charge in [0.15, 0.2) is 9.84 Å². The summed E-state index contributed by atoms with van der Waals surface area (Å²) < 4.78 is 33.3. The summed E-state index contributed by atoms with van der Waals surface area (Å²) in [5.41, 5.74) is 0. The lowest BCUT2D eigenvalue weighted by molar-refractivity contribution is 0.189. The predicted molar refractivity (Wildman–Crippen MR) is 78.9 cm³/mol. The van der Waals surface area contributed by atoms with E-state index in [-0.39, 0.29) is 6.04 Å². The van der Waals surface area contributed by atoms with Crippen LogP contribution >= 0.6 is 11.5 Å². The molecular weight excluding hydrogens is 296 g/mol. The van der Waals surface area contributed by atoms with E-state index in [1.54, 1.807) is 7.11 Å². The van der Waals surface area contributed by atoms with Crippen LogP contribution in [-0.4, -0.2) is 48.9 Å². The molecule has 1 atom stereocenters. The van der Waals surface area contributed by atoms with Gasteiger partial charge in [-0.1, -0.05) is 0 Å². The van der Waals surface area contributed by atoms with Crippen LogP contribution in [0.3, 0.4) is 0 Å². The maximum absolute atomic E-state index is 12.0. The Labute approximate surface area is 124 Å². The first-order chi connectivity index (χ1) is 9.57. The molecule has 2 aliphatic rings. The van der Waals surface area contributed by atoms with Gasteiger partial charge in [-0.05, 0) is 43.3 Å². The van der Waals surface area contributed by atoms with Gasteiger partial charge in [-0.25, -0.2) is 8.42 Å². The van der Waals surface area contributed by atoms with Crippen LogP contribution in [0.1, 0.15) is 24.1 Å². The van der Waals surface area contributed by atoms with Crippen molar-refractivity contribution in [3.8, 4) is 5.88 Å². The van der Waals surface area contributed by atoms with Crippen molar-refractivity contribution in [2.45, 2.75) is 31.8 Å². The Balaban J connectivity index is 1.75. The van der Waals surface area contributed by atoms with Crippen LogP contribution in [-0.2, 0) is 16.4 Å². The average Bonchev–Trinajstić information content (AvgIpc) is 3.16. The Morgan fingerprint density at radius 1 is 1.50 bits per heavy atom. The summed E-state index contributed by atoms with van der Waals surface area (Å²) in [5, 5.41) is 0. The van der Waals surface area contributed by atoms with Crippen LogP contribution < -0.4 is 4.74 Å². The third kappa shape index (κ3) is 3.32. The highest BCUT2D eigenvalue weighted by Gasteiger charge is 2.39. The fraction of sp³-hybridized carbons (Fsp3) is 0.769. The normalized spacial score (nSPS) is 27.1. The van der Waals surface area contributed by atoms with Crippen molar-refractivity contribution in [2.75, 3.05) is 25.2 Å². The van der Waals surface area contributed by atoms with Crippen molar-refractivity contribution < 1.29 is 13.2 Å². The highest BCUT2D eigenvalue weighted by molar-refractivity contribution is 7.91. The molecule has 0 spiro atoms. The van der Waals surface area contributed by atoms with E-state index in [4.69, 9.17) is 4.74 Å². The predicted octanol–water partition coefficient (Wildman–Crippen LogP) is 1.55. The molecule has 0 radical (unpaired) electrons. The second kappa shape index (κ2) is 5.61. The van der Waals surface area contributed by atoms with Crippen LogP contribution in [0.15, 0.2) is 6.07 Å². The second-order valence-electron chi connectivity index (χ2n) is 5.68. The summed E-state index contributed by atoms with van der Waals surface area (Å²) in [5.74, 6) is 1.87. The van der Waals surface area contributed by atoms with Gasteiger partial charge in [-0.15, -0.1) is 0 Å². The summed E-state index contributed by atoms with van der Waals surface area (Å²) in [4.78, 5) is 3.49. The molecule has 1 saturated heterocycles. The van der Waals surface area contributed by atoms with E-state index >= 15 is 0 Å². The number of sulfone groups is 1. The fourth-order valence-electron chi connectivity index (χ4n) is 2.88. The Morgan fingerprint density at radius 2 is 2.30 bits per heavy atom. The lowest BCUT2D eigenvalue weighted by Gasteiger charge is -2.28. The number of rotatable bonds is 4. The molecule has 0 N–H and O–H groups in total. The third-order valence-corrected chi connectivity index (χ3v) is 6.58. The summed E-state index contributed by atoms with van der Waals surface area (Å²) >= 11 is 1.44. The summed E-state index contributed by atoms with van der Waals surface area (Å²) in [6, 6.07) is 2.14. The SMILES string of the molecule is COc1cc(CN2CCCS(=O)(=O)CC2C2CC2)sn1. The molecule has 1 aliphatic heterocycles. The van der Waals surface area contributed by atoms with E-state index in [0.717, 1.165) is 24.4 Å². The van der Waals surface area contributed by atoms with Crippen LogP contribution in [0.2, 0.25) is 0 Å². The minimum Gasteiger partial charge on any atom is -0.480 e. The molecule has 1 unspecified atom stereocenters. The van der Waals surface area contributed by atoms with Crippen molar-refractivity contribution >= 4 is 21.4 Å². The minimum absolute atomic E-state index is 0.190. The van der Waals surface area contributed by atoms with Crippen LogP contribution in [0.25, 0.3) is 0 Å². The molecule has 7 heteroatoms. The van der Waals surface area contributed by atoms with Crippen LogP contribution in [0.4, 0.5) is 0 Å². The Bertz CT molecular complexity index is 566. The number of hydrogen-bond donors (Lipinski definition) is 0.